The summed E-state index contributed by atoms with van der Waals surface area (Å²) in [5.74, 6) is -0.348. The molecule has 1 aliphatic carbocycles. The van der Waals surface area contributed by atoms with Crippen LogP contribution in [0.3, 0.4) is 0 Å². The van der Waals surface area contributed by atoms with E-state index in [1.54, 1.807) is 42.5 Å². The van der Waals surface area contributed by atoms with Crippen LogP contribution in [0.15, 0.2) is 65.1 Å². The summed E-state index contributed by atoms with van der Waals surface area (Å²) in [4.78, 5) is 25.4. The van der Waals surface area contributed by atoms with Crippen LogP contribution in [0.25, 0.3) is 11.1 Å². The molecule has 4 rings (SSSR count). The van der Waals surface area contributed by atoms with Crippen LogP contribution in [0.1, 0.15) is 26.3 Å². The fourth-order valence-corrected chi connectivity index (χ4v) is 3.48. The molecule has 0 unspecified atom stereocenters. The summed E-state index contributed by atoms with van der Waals surface area (Å²) in [6, 6.07) is 17.8. The summed E-state index contributed by atoms with van der Waals surface area (Å²) < 4.78 is 0.836. The Bertz CT molecular complexity index is 1040. The molecule has 0 fully saturated rings. The van der Waals surface area contributed by atoms with E-state index < -0.39 is 0 Å². The number of hydrogen-bond donors (Lipinski definition) is 2. The van der Waals surface area contributed by atoms with Gasteiger partial charge in [-0.15, -0.1) is 0 Å². The molecule has 3 N–H and O–H groups in total. The van der Waals surface area contributed by atoms with E-state index in [0.717, 1.165) is 10.0 Å². The van der Waals surface area contributed by atoms with Crippen LogP contribution in [0, 0.1) is 0 Å². The predicted molar refractivity (Wildman–Crippen MR) is 102 cm³/mol. The number of benzene rings is 3. The fraction of sp³-hybridized carbons (Fsp3) is 0. The number of halogens is 1. The van der Waals surface area contributed by atoms with Gasteiger partial charge in [0, 0.05) is 26.7 Å². The molecular weight excluding hydrogens is 380 g/mol. The largest absolute Gasteiger partial charge is 0.397 e. The number of amides is 1. The van der Waals surface area contributed by atoms with Gasteiger partial charge in [-0.25, -0.2) is 0 Å². The maximum Gasteiger partial charge on any atom is 0.256 e. The summed E-state index contributed by atoms with van der Waals surface area (Å²) in [6.45, 7) is 0. The molecule has 5 heteroatoms. The SMILES string of the molecule is Nc1cc(Br)ccc1NC(=O)c1cccc2c1-c1ccccc1C2=O. The Morgan fingerprint density at radius 3 is 2.40 bits per heavy atom. The molecule has 0 radical (unpaired) electrons. The van der Waals surface area contributed by atoms with Gasteiger partial charge in [0.1, 0.15) is 0 Å². The number of rotatable bonds is 2. The minimum atomic E-state index is -0.296. The quantitative estimate of drug-likeness (QED) is 0.493. The lowest BCUT2D eigenvalue weighted by Crippen LogP contribution is -2.14. The summed E-state index contributed by atoms with van der Waals surface area (Å²) in [5.41, 5.74) is 10.1. The van der Waals surface area contributed by atoms with Crippen molar-refractivity contribution in [2.24, 2.45) is 0 Å². The van der Waals surface area contributed by atoms with E-state index in [1.807, 2.05) is 18.2 Å². The molecule has 0 bridgehead atoms. The molecule has 0 spiro atoms. The molecule has 3 aromatic carbocycles. The minimum absolute atomic E-state index is 0.0524. The van der Waals surface area contributed by atoms with Crippen molar-refractivity contribution in [1.82, 2.24) is 0 Å². The predicted octanol–water partition coefficient (Wildman–Crippen LogP) is 4.50. The number of carbonyl (C=O) groups excluding carboxylic acids is 2. The maximum absolute atomic E-state index is 12.8. The smallest absolute Gasteiger partial charge is 0.256 e. The molecule has 122 valence electrons. The summed E-state index contributed by atoms with van der Waals surface area (Å²) in [7, 11) is 0. The van der Waals surface area contributed by atoms with Crippen molar-refractivity contribution < 1.29 is 9.59 Å². The first-order chi connectivity index (χ1) is 12.1. The van der Waals surface area contributed by atoms with Crippen LogP contribution in [0.5, 0.6) is 0 Å². The van der Waals surface area contributed by atoms with E-state index in [2.05, 4.69) is 21.2 Å². The summed E-state index contributed by atoms with van der Waals surface area (Å²) in [6.07, 6.45) is 0. The molecule has 0 aliphatic heterocycles. The second kappa shape index (κ2) is 5.86. The third-order valence-corrected chi connectivity index (χ3v) is 4.75. The number of nitrogens with one attached hydrogen (secondary N) is 1. The molecule has 0 atom stereocenters. The first-order valence-electron chi connectivity index (χ1n) is 7.70. The first kappa shape index (κ1) is 15.6. The molecule has 1 amide bonds. The zero-order chi connectivity index (χ0) is 17.6. The van der Waals surface area contributed by atoms with Gasteiger partial charge in [0.25, 0.3) is 5.91 Å². The number of ketones is 1. The van der Waals surface area contributed by atoms with Crippen LogP contribution >= 0.6 is 15.9 Å². The highest BCUT2D eigenvalue weighted by Crippen LogP contribution is 2.39. The molecule has 0 aromatic heterocycles. The summed E-state index contributed by atoms with van der Waals surface area (Å²) >= 11 is 3.34. The molecule has 25 heavy (non-hydrogen) atoms. The topological polar surface area (TPSA) is 72.2 Å². The third-order valence-electron chi connectivity index (χ3n) is 4.26. The highest BCUT2D eigenvalue weighted by atomic mass is 79.9. The molecule has 3 aromatic rings. The zero-order valence-corrected chi connectivity index (χ0v) is 14.6. The van der Waals surface area contributed by atoms with Crippen molar-refractivity contribution in [3.05, 3.63) is 81.8 Å². The Kier molecular flexibility index (Phi) is 3.66. The lowest BCUT2D eigenvalue weighted by Gasteiger charge is -2.11. The van der Waals surface area contributed by atoms with Crippen molar-refractivity contribution in [3.8, 4) is 11.1 Å². The molecule has 0 heterocycles. The van der Waals surface area contributed by atoms with Gasteiger partial charge in [0.15, 0.2) is 5.78 Å². The van der Waals surface area contributed by atoms with Crippen LogP contribution in [0.4, 0.5) is 11.4 Å². The molecule has 0 saturated carbocycles. The Morgan fingerprint density at radius 2 is 1.64 bits per heavy atom. The lowest BCUT2D eigenvalue weighted by atomic mass is 9.99. The normalized spacial score (nSPS) is 11.8. The van der Waals surface area contributed by atoms with Gasteiger partial charge in [-0.2, -0.15) is 0 Å². The second-order valence-electron chi connectivity index (χ2n) is 5.79. The highest BCUT2D eigenvalue weighted by Gasteiger charge is 2.30. The van der Waals surface area contributed by atoms with Crippen LogP contribution in [-0.2, 0) is 0 Å². The highest BCUT2D eigenvalue weighted by molar-refractivity contribution is 9.10. The van der Waals surface area contributed by atoms with E-state index in [1.165, 1.54) is 0 Å². The van der Waals surface area contributed by atoms with Crippen molar-refractivity contribution >= 4 is 39.0 Å². The van der Waals surface area contributed by atoms with Gasteiger partial charge in [0.2, 0.25) is 0 Å². The maximum atomic E-state index is 12.8. The van der Waals surface area contributed by atoms with Crippen LogP contribution in [-0.4, -0.2) is 11.7 Å². The van der Waals surface area contributed by atoms with E-state index in [-0.39, 0.29) is 11.7 Å². The Labute approximate surface area is 152 Å². The van der Waals surface area contributed by atoms with Crippen LogP contribution in [0.2, 0.25) is 0 Å². The number of hydrogen-bond acceptors (Lipinski definition) is 3. The average Bonchev–Trinajstić information content (AvgIpc) is 2.91. The Balaban J connectivity index is 1.79. The molecule has 4 nitrogen and oxygen atoms in total. The van der Waals surface area contributed by atoms with E-state index in [4.69, 9.17) is 5.73 Å². The van der Waals surface area contributed by atoms with Gasteiger partial charge < -0.3 is 11.1 Å². The molecular formula is C20H13BrN2O2. The number of fused-ring (bicyclic) bond motifs is 3. The van der Waals surface area contributed by atoms with Crippen molar-refractivity contribution in [2.75, 3.05) is 11.1 Å². The number of anilines is 2. The van der Waals surface area contributed by atoms with Gasteiger partial charge in [-0.1, -0.05) is 52.3 Å². The van der Waals surface area contributed by atoms with E-state index in [9.17, 15) is 9.59 Å². The second-order valence-corrected chi connectivity index (χ2v) is 6.70. The average molecular weight is 393 g/mol. The van der Waals surface area contributed by atoms with Gasteiger partial charge >= 0.3 is 0 Å². The van der Waals surface area contributed by atoms with E-state index >= 15 is 0 Å². The standard InChI is InChI=1S/C20H13BrN2O2/c21-11-8-9-17(16(22)10-11)23-20(25)15-7-3-6-14-18(15)12-4-1-2-5-13(12)19(14)24/h1-10H,22H2,(H,23,25). The van der Waals surface area contributed by atoms with Crippen LogP contribution < -0.4 is 11.1 Å². The first-order valence-corrected chi connectivity index (χ1v) is 8.49. The van der Waals surface area contributed by atoms with Gasteiger partial charge in [-0.05, 0) is 29.8 Å². The minimum Gasteiger partial charge on any atom is -0.397 e. The Morgan fingerprint density at radius 1 is 0.920 bits per heavy atom. The number of nitrogens with two attached hydrogens (primary N) is 1. The van der Waals surface area contributed by atoms with Crippen molar-refractivity contribution in [1.29, 1.82) is 0 Å². The zero-order valence-electron chi connectivity index (χ0n) is 13.0. The fourth-order valence-electron chi connectivity index (χ4n) is 3.10. The Hall–Kier alpha value is -2.92. The number of nitrogen functional groups attached to an aromatic ring is 1. The van der Waals surface area contributed by atoms with Gasteiger partial charge in [0.05, 0.1) is 11.4 Å². The van der Waals surface area contributed by atoms with Gasteiger partial charge in [-0.3, -0.25) is 9.59 Å². The summed E-state index contributed by atoms with van der Waals surface area (Å²) in [5, 5.41) is 2.83. The van der Waals surface area contributed by atoms with Crippen molar-refractivity contribution in [3.63, 3.8) is 0 Å². The lowest BCUT2D eigenvalue weighted by molar-refractivity contribution is 0.102. The van der Waals surface area contributed by atoms with Crippen molar-refractivity contribution in [2.45, 2.75) is 0 Å². The third kappa shape index (κ3) is 2.53. The molecule has 0 saturated heterocycles. The number of carbonyl (C=O) groups is 2. The van der Waals surface area contributed by atoms with E-state index in [0.29, 0.717) is 33.6 Å². The molecule has 1 aliphatic rings. The monoisotopic (exact) mass is 392 g/mol.